The Bertz CT molecular complexity index is 1120. The van der Waals surface area contributed by atoms with Crippen LogP contribution in [0.4, 0.5) is 26.4 Å². The Morgan fingerprint density at radius 1 is 1.06 bits per heavy atom. The van der Waals surface area contributed by atoms with E-state index in [9.17, 15) is 13.9 Å². The summed E-state index contributed by atoms with van der Waals surface area (Å²) in [5.74, 6) is -2.90. The number of alkyl halides is 2. The maximum absolute atomic E-state index is 13.7. The Morgan fingerprint density at radius 3 is 2.48 bits per heavy atom. The lowest BCUT2D eigenvalue weighted by molar-refractivity contribution is 0.0129. The first-order valence-electron chi connectivity index (χ1n) is 9.24. The summed E-state index contributed by atoms with van der Waals surface area (Å²) in [7, 11) is 0. The van der Waals surface area contributed by atoms with Crippen molar-refractivity contribution in [2.24, 2.45) is 0 Å². The predicted octanol–water partition coefficient (Wildman–Crippen LogP) is 3.24. The molecular weight excluding hydrogens is 406 g/mol. The fraction of sp³-hybridized carbons (Fsp3) is 0.300. The van der Waals surface area contributed by atoms with Crippen LogP contribution >= 0.6 is 0 Å². The normalized spacial score (nSPS) is 11.6. The first-order chi connectivity index (χ1) is 14.5. The molecule has 0 saturated heterocycles. The molecule has 3 aromatic heterocycles. The van der Waals surface area contributed by atoms with Crippen LogP contribution in [0.3, 0.4) is 0 Å². The second-order valence-corrected chi connectivity index (χ2v) is 7.47. The van der Waals surface area contributed by atoms with Gasteiger partial charge in [0.2, 0.25) is 11.9 Å². The number of nitrogens with one attached hydrogen (secondary N) is 2. The summed E-state index contributed by atoms with van der Waals surface area (Å²) < 4.78 is 27.4. The van der Waals surface area contributed by atoms with Gasteiger partial charge in [-0.2, -0.15) is 29.0 Å². The predicted molar refractivity (Wildman–Crippen MR) is 110 cm³/mol. The van der Waals surface area contributed by atoms with E-state index in [1.807, 2.05) is 6.07 Å². The smallest absolute Gasteiger partial charge is 0.286 e. The third-order valence-electron chi connectivity index (χ3n) is 3.87. The highest BCUT2D eigenvalue weighted by Gasteiger charge is 2.26. The summed E-state index contributed by atoms with van der Waals surface area (Å²) in [6.07, 6.45) is 2.88. The number of halogens is 2. The molecule has 0 fully saturated rings. The van der Waals surface area contributed by atoms with Gasteiger partial charge in [0.25, 0.3) is 5.92 Å². The second-order valence-electron chi connectivity index (χ2n) is 7.47. The summed E-state index contributed by atoms with van der Waals surface area (Å²) in [6.45, 7) is 4.09. The Balaban J connectivity index is 2.02. The van der Waals surface area contributed by atoms with Gasteiger partial charge in [-0.1, -0.05) is 6.07 Å². The minimum atomic E-state index is -3.13. The van der Waals surface area contributed by atoms with E-state index >= 15 is 0 Å². The van der Waals surface area contributed by atoms with Crippen LogP contribution in [0.2, 0.25) is 0 Å². The molecule has 0 unspecified atom stereocenters. The number of rotatable bonds is 7. The van der Waals surface area contributed by atoms with Crippen LogP contribution < -0.4 is 10.6 Å². The van der Waals surface area contributed by atoms with E-state index in [1.54, 1.807) is 19.9 Å². The lowest BCUT2D eigenvalue weighted by atomic mass is 10.1. The molecule has 9 nitrogen and oxygen atoms in total. The standard InChI is InChI=1S/C20H20F2N8O/c1-19(2,31)11-25-17-28-16(14-5-4-6-15(27-14)20(3,21)22)29-18(30-17)26-13-7-12(8-23)9-24-10-13/h4-7,9-10,31H,11H2,1-3H3,(H2,25,26,28,29,30). The van der Waals surface area contributed by atoms with E-state index in [2.05, 4.69) is 35.6 Å². The zero-order valence-corrected chi connectivity index (χ0v) is 17.1. The minimum absolute atomic E-state index is 0.0474. The summed E-state index contributed by atoms with van der Waals surface area (Å²) in [6, 6.07) is 7.70. The van der Waals surface area contributed by atoms with E-state index in [0.29, 0.717) is 11.3 Å². The summed E-state index contributed by atoms with van der Waals surface area (Å²) in [5.41, 5.74) is -0.560. The largest absolute Gasteiger partial charge is 0.389 e. The molecule has 3 N–H and O–H groups in total. The van der Waals surface area contributed by atoms with Gasteiger partial charge >= 0.3 is 0 Å². The molecule has 11 heteroatoms. The molecule has 160 valence electrons. The molecule has 0 bridgehead atoms. The van der Waals surface area contributed by atoms with Crippen LogP contribution in [0.1, 0.15) is 32.0 Å². The average Bonchev–Trinajstić information content (AvgIpc) is 2.71. The molecule has 0 aliphatic rings. The van der Waals surface area contributed by atoms with E-state index in [-0.39, 0.29) is 30.0 Å². The van der Waals surface area contributed by atoms with Crippen LogP contribution in [0.15, 0.2) is 36.7 Å². The number of nitriles is 1. The zero-order valence-electron chi connectivity index (χ0n) is 17.1. The molecule has 0 aliphatic carbocycles. The number of hydrogen-bond acceptors (Lipinski definition) is 9. The van der Waals surface area contributed by atoms with Crippen LogP contribution in [0, 0.1) is 11.3 Å². The van der Waals surface area contributed by atoms with Gasteiger partial charge in [-0.25, -0.2) is 4.98 Å². The number of pyridine rings is 2. The van der Waals surface area contributed by atoms with Crippen molar-refractivity contribution in [1.29, 1.82) is 5.26 Å². The fourth-order valence-corrected chi connectivity index (χ4v) is 2.42. The van der Waals surface area contributed by atoms with Crippen LogP contribution in [0.5, 0.6) is 0 Å². The molecule has 3 heterocycles. The first kappa shape index (κ1) is 21.9. The summed E-state index contributed by atoms with van der Waals surface area (Å²) >= 11 is 0. The summed E-state index contributed by atoms with van der Waals surface area (Å²) in [4.78, 5) is 20.7. The van der Waals surface area contributed by atoms with Crippen molar-refractivity contribution in [1.82, 2.24) is 24.9 Å². The molecule has 0 atom stereocenters. The van der Waals surface area contributed by atoms with Crippen LogP contribution in [0.25, 0.3) is 11.5 Å². The first-order valence-corrected chi connectivity index (χ1v) is 9.24. The Kier molecular flexibility index (Phi) is 6.03. The van der Waals surface area contributed by atoms with Crippen molar-refractivity contribution in [2.75, 3.05) is 17.2 Å². The Morgan fingerprint density at radius 2 is 1.81 bits per heavy atom. The number of anilines is 3. The third-order valence-corrected chi connectivity index (χ3v) is 3.87. The van der Waals surface area contributed by atoms with Crippen molar-refractivity contribution >= 4 is 17.6 Å². The Labute approximate surface area is 177 Å². The minimum Gasteiger partial charge on any atom is -0.389 e. The molecule has 31 heavy (non-hydrogen) atoms. The van der Waals surface area contributed by atoms with Crippen LogP contribution in [-0.2, 0) is 5.92 Å². The van der Waals surface area contributed by atoms with Gasteiger partial charge in [0, 0.05) is 19.7 Å². The van der Waals surface area contributed by atoms with Gasteiger partial charge in [0.05, 0.1) is 23.0 Å². The maximum atomic E-state index is 13.7. The lowest BCUT2D eigenvalue weighted by Gasteiger charge is -2.18. The quantitative estimate of drug-likeness (QED) is 0.521. The van der Waals surface area contributed by atoms with E-state index in [1.165, 1.54) is 30.6 Å². The molecule has 0 spiro atoms. The summed E-state index contributed by atoms with van der Waals surface area (Å²) in [5, 5.41) is 24.8. The molecule has 3 aromatic rings. The van der Waals surface area contributed by atoms with E-state index in [0.717, 1.165) is 6.92 Å². The van der Waals surface area contributed by atoms with Crippen molar-refractivity contribution in [3.63, 3.8) is 0 Å². The number of nitrogens with zero attached hydrogens (tertiary/aromatic N) is 6. The molecule has 0 saturated carbocycles. The molecule has 0 aliphatic heterocycles. The fourth-order valence-electron chi connectivity index (χ4n) is 2.42. The van der Waals surface area contributed by atoms with Crippen molar-refractivity contribution in [3.05, 3.63) is 47.9 Å². The second kappa shape index (κ2) is 8.53. The van der Waals surface area contributed by atoms with Gasteiger partial charge in [0.15, 0.2) is 5.82 Å². The number of aromatic nitrogens is 5. The number of hydrogen-bond donors (Lipinski definition) is 3. The highest BCUT2D eigenvalue weighted by Crippen LogP contribution is 2.27. The van der Waals surface area contributed by atoms with Gasteiger partial charge < -0.3 is 15.7 Å². The van der Waals surface area contributed by atoms with E-state index < -0.39 is 17.2 Å². The number of aliphatic hydroxyl groups is 1. The van der Waals surface area contributed by atoms with E-state index in [4.69, 9.17) is 5.26 Å². The van der Waals surface area contributed by atoms with Crippen molar-refractivity contribution < 1.29 is 13.9 Å². The SMILES string of the molecule is CC(C)(O)CNc1nc(Nc2cncc(C#N)c2)nc(-c2cccc(C(C)(F)F)n2)n1. The van der Waals surface area contributed by atoms with Crippen molar-refractivity contribution in [3.8, 4) is 17.6 Å². The van der Waals surface area contributed by atoms with Gasteiger partial charge in [-0.3, -0.25) is 4.98 Å². The lowest BCUT2D eigenvalue weighted by Crippen LogP contribution is -2.30. The molecule has 3 rings (SSSR count). The highest BCUT2D eigenvalue weighted by molar-refractivity contribution is 5.59. The monoisotopic (exact) mass is 426 g/mol. The van der Waals surface area contributed by atoms with Crippen LogP contribution in [-0.4, -0.2) is 42.2 Å². The third kappa shape index (κ3) is 6.10. The van der Waals surface area contributed by atoms with Gasteiger partial charge in [-0.15, -0.1) is 0 Å². The molecule has 0 aromatic carbocycles. The highest BCUT2D eigenvalue weighted by atomic mass is 19.3. The Hall–Kier alpha value is -3.78. The molecule has 0 amide bonds. The molecular formula is C20H20F2N8O. The maximum Gasteiger partial charge on any atom is 0.286 e. The zero-order chi connectivity index (χ0) is 22.6. The van der Waals surface area contributed by atoms with Gasteiger partial charge in [-0.05, 0) is 32.0 Å². The molecule has 0 radical (unpaired) electrons. The topological polar surface area (TPSA) is 133 Å². The van der Waals surface area contributed by atoms with Gasteiger partial charge in [0.1, 0.15) is 17.5 Å². The van der Waals surface area contributed by atoms with Crippen molar-refractivity contribution in [2.45, 2.75) is 32.3 Å². The average molecular weight is 426 g/mol.